The molecule has 2 aliphatic rings. The van der Waals surface area contributed by atoms with E-state index in [-0.39, 0.29) is 23.8 Å². The van der Waals surface area contributed by atoms with Crippen molar-refractivity contribution in [3.63, 3.8) is 0 Å². The molecule has 14 heteroatoms. The number of pyridine rings is 2. The zero-order valence-electron chi connectivity index (χ0n) is 28.0. The maximum Gasteiger partial charge on any atom is 0.302 e. The first-order chi connectivity index (χ1) is 23.7. The summed E-state index contributed by atoms with van der Waals surface area (Å²) < 4.78 is 14.1. The number of aromatic nitrogens is 5. The molecule has 1 fully saturated rings. The molecule has 1 saturated heterocycles. The van der Waals surface area contributed by atoms with Gasteiger partial charge in [-0.25, -0.2) is 14.6 Å². The number of nitrogens with zero attached hydrogens (tertiary/aromatic N) is 7. The van der Waals surface area contributed by atoms with Gasteiger partial charge in [-0.3, -0.25) is 19.2 Å². The molecule has 6 rings (SSSR count). The molecule has 4 aromatic heterocycles. The molecular formula is C35H40N8O6. The molecule has 49 heavy (non-hydrogen) atoms. The van der Waals surface area contributed by atoms with Gasteiger partial charge in [-0.2, -0.15) is 5.10 Å². The molecule has 5 heterocycles. The standard InChI is InChI=1S/C35H40N8O6/c1-23(45)49-22-28-27(10-11-36-33(28)40(2)12-13-43-26(21-44)18-24-6-4-5-7-31(24)43)29-19-30(35(47)41(3)39-29)38-32-9-8-25(20-37-32)34(46)42-14-16-48-17-15-42/h8-11,18-21H,4-7,12-17,22H2,1-3H3,(H,37,38). The minimum atomic E-state index is -0.449. The summed E-state index contributed by atoms with van der Waals surface area (Å²) in [6, 6.07) is 8.71. The smallest absolute Gasteiger partial charge is 0.302 e. The largest absolute Gasteiger partial charge is 0.461 e. The summed E-state index contributed by atoms with van der Waals surface area (Å²) in [5.74, 6) is 0.389. The molecule has 1 aliphatic carbocycles. The topological polar surface area (TPSA) is 154 Å². The summed E-state index contributed by atoms with van der Waals surface area (Å²) >= 11 is 0. The first kappa shape index (κ1) is 33.5. The number of rotatable bonds is 11. The molecule has 0 radical (unpaired) electrons. The number of morpholine rings is 1. The lowest BCUT2D eigenvalue weighted by Crippen LogP contribution is -2.40. The summed E-state index contributed by atoms with van der Waals surface area (Å²) in [4.78, 5) is 62.6. The van der Waals surface area contributed by atoms with Crippen molar-refractivity contribution in [3.8, 4) is 11.3 Å². The van der Waals surface area contributed by atoms with Gasteiger partial charge < -0.3 is 29.2 Å². The first-order valence-electron chi connectivity index (χ1n) is 16.4. The number of ether oxygens (including phenoxy) is 2. The fourth-order valence-corrected chi connectivity index (χ4v) is 6.38. The number of esters is 1. The number of nitrogens with one attached hydrogen (secondary N) is 1. The van der Waals surface area contributed by atoms with Crippen LogP contribution in [0.4, 0.5) is 17.3 Å². The molecule has 1 aliphatic heterocycles. The lowest BCUT2D eigenvalue weighted by Gasteiger charge is -2.26. The fourth-order valence-electron chi connectivity index (χ4n) is 6.38. The lowest BCUT2D eigenvalue weighted by atomic mass is 9.98. The minimum absolute atomic E-state index is 0.0653. The van der Waals surface area contributed by atoms with Gasteiger partial charge >= 0.3 is 5.97 Å². The van der Waals surface area contributed by atoms with Crippen molar-refractivity contribution in [3.05, 3.63) is 81.2 Å². The van der Waals surface area contributed by atoms with Gasteiger partial charge in [0, 0.05) is 76.4 Å². The molecule has 1 N–H and O–H groups in total. The van der Waals surface area contributed by atoms with E-state index in [2.05, 4.69) is 25.0 Å². The minimum Gasteiger partial charge on any atom is -0.461 e. The Morgan fingerprint density at radius 1 is 1.10 bits per heavy atom. The van der Waals surface area contributed by atoms with Crippen LogP contribution in [-0.2, 0) is 47.3 Å². The predicted molar refractivity (Wildman–Crippen MR) is 182 cm³/mol. The van der Waals surface area contributed by atoms with Crippen LogP contribution in [0, 0.1) is 0 Å². The van der Waals surface area contributed by atoms with E-state index in [1.165, 1.54) is 29.1 Å². The Balaban J connectivity index is 1.27. The molecule has 4 aromatic rings. The van der Waals surface area contributed by atoms with Crippen molar-refractivity contribution in [2.75, 3.05) is 50.1 Å². The van der Waals surface area contributed by atoms with Gasteiger partial charge in [-0.15, -0.1) is 0 Å². The third-order valence-corrected chi connectivity index (χ3v) is 8.94. The highest BCUT2D eigenvalue weighted by molar-refractivity contribution is 5.94. The molecule has 0 bridgehead atoms. The van der Waals surface area contributed by atoms with Crippen LogP contribution in [0.5, 0.6) is 0 Å². The highest BCUT2D eigenvalue weighted by Gasteiger charge is 2.22. The van der Waals surface area contributed by atoms with E-state index >= 15 is 0 Å². The summed E-state index contributed by atoms with van der Waals surface area (Å²) in [7, 11) is 3.46. The van der Waals surface area contributed by atoms with E-state index in [9.17, 15) is 19.2 Å². The molecule has 0 aromatic carbocycles. The summed E-state index contributed by atoms with van der Waals surface area (Å²) in [6.07, 6.45) is 8.19. The predicted octanol–water partition coefficient (Wildman–Crippen LogP) is 3.15. The number of likely N-dealkylation sites (N-methyl/N-ethyl adjacent to an activating group) is 1. The van der Waals surface area contributed by atoms with Gasteiger partial charge in [0.1, 0.15) is 23.9 Å². The molecule has 0 unspecified atom stereocenters. The van der Waals surface area contributed by atoms with Crippen LogP contribution < -0.4 is 15.8 Å². The Bertz CT molecular complexity index is 1910. The second-order valence-corrected chi connectivity index (χ2v) is 12.2. The third kappa shape index (κ3) is 7.38. The molecular weight excluding hydrogens is 628 g/mol. The Hall–Kier alpha value is -5.37. The van der Waals surface area contributed by atoms with Crippen LogP contribution in [0.3, 0.4) is 0 Å². The van der Waals surface area contributed by atoms with Crippen LogP contribution in [0.25, 0.3) is 11.3 Å². The summed E-state index contributed by atoms with van der Waals surface area (Å²) in [5.41, 5.74) is 5.10. The van der Waals surface area contributed by atoms with E-state index in [0.29, 0.717) is 79.1 Å². The number of fused-ring (bicyclic) bond motifs is 1. The first-order valence-corrected chi connectivity index (χ1v) is 16.4. The normalized spacial score (nSPS) is 14.2. The molecule has 14 nitrogen and oxygen atoms in total. The number of aldehydes is 1. The number of carbonyl (C=O) groups excluding carboxylic acids is 3. The molecule has 0 atom stereocenters. The molecule has 0 saturated carbocycles. The van der Waals surface area contributed by atoms with Crippen molar-refractivity contribution < 1.29 is 23.9 Å². The van der Waals surface area contributed by atoms with E-state index in [4.69, 9.17) is 9.47 Å². The van der Waals surface area contributed by atoms with E-state index in [0.717, 1.165) is 32.0 Å². The summed E-state index contributed by atoms with van der Waals surface area (Å²) in [5, 5.41) is 7.61. The Labute approximate surface area is 283 Å². The number of hydrogen-bond acceptors (Lipinski definition) is 11. The number of anilines is 3. The fraction of sp³-hybridized carbons (Fsp3) is 0.400. The van der Waals surface area contributed by atoms with Crippen LogP contribution >= 0.6 is 0 Å². The Morgan fingerprint density at radius 2 is 1.90 bits per heavy atom. The highest BCUT2D eigenvalue weighted by atomic mass is 16.5. The average molecular weight is 669 g/mol. The van der Waals surface area contributed by atoms with E-state index in [1.807, 2.05) is 18.0 Å². The average Bonchev–Trinajstić information content (AvgIpc) is 3.49. The van der Waals surface area contributed by atoms with Crippen LogP contribution in [0.15, 0.2) is 47.5 Å². The van der Waals surface area contributed by atoms with Crippen molar-refractivity contribution in [2.24, 2.45) is 7.05 Å². The second kappa shape index (κ2) is 14.8. The van der Waals surface area contributed by atoms with Crippen molar-refractivity contribution in [1.29, 1.82) is 0 Å². The van der Waals surface area contributed by atoms with Gasteiger partial charge in [0.25, 0.3) is 11.5 Å². The van der Waals surface area contributed by atoms with Crippen LogP contribution in [0.1, 0.15) is 57.4 Å². The van der Waals surface area contributed by atoms with Crippen molar-refractivity contribution in [2.45, 2.75) is 45.8 Å². The Kier molecular flexibility index (Phi) is 10.1. The van der Waals surface area contributed by atoms with Gasteiger partial charge in [0.15, 0.2) is 6.29 Å². The maximum absolute atomic E-state index is 13.2. The van der Waals surface area contributed by atoms with Crippen molar-refractivity contribution >= 4 is 35.5 Å². The van der Waals surface area contributed by atoms with Gasteiger partial charge in [-0.1, -0.05) is 0 Å². The number of amides is 1. The Morgan fingerprint density at radius 3 is 2.63 bits per heavy atom. The highest BCUT2D eigenvalue weighted by Crippen LogP contribution is 2.31. The quantitative estimate of drug-likeness (QED) is 0.185. The van der Waals surface area contributed by atoms with Crippen LogP contribution in [-0.4, -0.2) is 87.3 Å². The van der Waals surface area contributed by atoms with Crippen molar-refractivity contribution in [1.82, 2.24) is 29.2 Å². The van der Waals surface area contributed by atoms with Gasteiger partial charge in [-0.05, 0) is 61.6 Å². The molecule has 0 spiro atoms. The number of carbonyl (C=O) groups is 3. The number of hydrogen-bond donors (Lipinski definition) is 1. The van der Waals surface area contributed by atoms with Gasteiger partial charge in [0.2, 0.25) is 0 Å². The zero-order valence-corrected chi connectivity index (χ0v) is 28.0. The number of aryl methyl sites for hydroxylation is 2. The summed E-state index contributed by atoms with van der Waals surface area (Å²) in [6.45, 7) is 4.44. The lowest BCUT2D eigenvalue weighted by molar-refractivity contribution is -0.142. The maximum atomic E-state index is 13.2. The van der Waals surface area contributed by atoms with E-state index in [1.54, 1.807) is 42.4 Å². The third-order valence-electron chi connectivity index (χ3n) is 8.94. The SMILES string of the molecule is CC(=O)OCc1c(-c2cc(Nc3ccc(C(=O)N4CCOCC4)cn3)c(=O)n(C)n2)ccnc1N(C)CCn1c(C=O)cc2c1CCCC2. The molecule has 256 valence electrons. The second-order valence-electron chi connectivity index (χ2n) is 12.2. The van der Waals surface area contributed by atoms with Gasteiger partial charge in [0.05, 0.1) is 30.2 Å². The zero-order chi connectivity index (χ0) is 34.5. The molecule has 1 amide bonds. The monoisotopic (exact) mass is 668 g/mol. The van der Waals surface area contributed by atoms with E-state index < -0.39 is 5.97 Å². The van der Waals surface area contributed by atoms with Crippen LogP contribution in [0.2, 0.25) is 0 Å².